The average Bonchev–Trinajstić information content (AvgIpc) is 3.35. The van der Waals surface area contributed by atoms with Crippen molar-refractivity contribution in [3.63, 3.8) is 0 Å². The molecule has 4 heterocycles. The van der Waals surface area contributed by atoms with Gasteiger partial charge in [-0.25, -0.2) is 0 Å². The number of hydrogen-bond donors (Lipinski definition) is 0. The normalized spacial score (nSPS) is 23.2. The van der Waals surface area contributed by atoms with E-state index in [9.17, 15) is 4.79 Å². The van der Waals surface area contributed by atoms with E-state index in [1.54, 1.807) is 18.4 Å². The molecule has 0 aliphatic carbocycles. The van der Waals surface area contributed by atoms with Crippen molar-refractivity contribution in [2.45, 2.75) is 45.1 Å². The highest BCUT2D eigenvalue weighted by Gasteiger charge is 2.46. The van der Waals surface area contributed by atoms with E-state index in [1.807, 2.05) is 4.90 Å². The zero-order valence-corrected chi connectivity index (χ0v) is 15.6. The van der Waals surface area contributed by atoms with E-state index in [-0.39, 0.29) is 23.3 Å². The maximum atomic E-state index is 12.5. The monoisotopic (exact) mass is 358 g/mol. The fraction of sp³-hybridized carbons (Fsp3) is 0.632. The van der Waals surface area contributed by atoms with Crippen LogP contribution in [0.1, 0.15) is 67.3 Å². The molecule has 2 aliphatic rings. The van der Waals surface area contributed by atoms with Crippen LogP contribution >= 0.6 is 0 Å². The number of piperidine rings is 1. The van der Waals surface area contributed by atoms with E-state index in [0.717, 1.165) is 44.7 Å². The van der Waals surface area contributed by atoms with Gasteiger partial charge >= 0.3 is 0 Å². The van der Waals surface area contributed by atoms with Crippen molar-refractivity contribution in [3.05, 3.63) is 35.9 Å². The van der Waals surface area contributed by atoms with Gasteiger partial charge in [-0.3, -0.25) is 9.69 Å². The number of hydrogen-bond acceptors (Lipinski definition) is 6. The molecule has 2 aliphatic heterocycles. The Morgan fingerprint density at radius 1 is 1.35 bits per heavy atom. The molecule has 140 valence electrons. The molecule has 2 fully saturated rings. The zero-order valence-electron chi connectivity index (χ0n) is 15.6. The summed E-state index contributed by atoms with van der Waals surface area (Å²) in [6, 6.07) is 3.68. The fourth-order valence-electron chi connectivity index (χ4n) is 4.28. The number of furan rings is 1. The summed E-state index contributed by atoms with van der Waals surface area (Å²) >= 11 is 0. The lowest BCUT2D eigenvalue weighted by molar-refractivity contribution is 0.0563. The van der Waals surface area contributed by atoms with Crippen LogP contribution in [0.2, 0.25) is 0 Å². The summed E-state index contributed by atoms with van der Waals surface area (Å²) in [5.41, 5.74) is 0.220. The first-order chi connectivity index (χ1) is 12.5. The van der Waals surface area contributed by atoms with Crippen LogP contribution in [0.15, 0.2) is 27.3 Å². The number of rotatable bonds is 3. The van der Waals surface area contributed by atoms with Crippen LogP contribution in [0.4, 0.5) is 0 Å². The molecule has 0 bridgehead atoms. The largest absolute Gasteiger partial charge is 0.459 e. The average molecular weight is 358 g/mol. The van der Waals surface area contributed by atoms with Crippen LogP contribution < -0.4 is 0 Å². The third kappa shape index (κ3) is 3.05. The first kappa shape index (κ1) is 17.3. The van der Waals surface area contributed by atoms with Crippen LogP contribution in [-0.2, 0) is 0 Å². The minimum Gasteiger partial charge on any atom is -0.459 e. The number of nitrogens with zero attached hydrogens (tertiary/aromatic N) is 4. The predicted octanol–water partition coefficient (Wildman–Crippen LogP) is 3.09. The molecule has 2 aromatic rings. The SMILES string of the molecule is CC(C)c1nc(C2CC3(CCN(C(=O)c4ccco4)CC3)CN2C)no1. The second-order valence-corrected chi connectivity index (χ2v) is 8.05. The van der Waals surface area contributed by atoms with Crippen LogP contribution in [0.25, 0.3) is 0 Å². The molecule has 0 aromatic carbocycles. The second kappa shape index (κ2) is 6.54. The van der Waals surface area contributed by atoms with Crippen LogP contribution in [0, 0.1) is 5.41 Å². The highest BCUT2D eigenvalue weighted by atomic mass is 16.5. The van der Waals surface area contributed by atoms with Gasteiger partial charge in [0.2, 0.25) is 5.89 Å². The van der Waals surface area contributed by atoms with Gasteiger partial charge in [0, 0.05) is 25.6 Å². The second-order valence-electron chi connectivity index (χ2n) is 8.05. The minimum atomic E-state index is -0.00695. The smallest absolute Gasteiger partial charge is 0.289 e. The summed E-state index contributed by atoms with van der Waals surface area (Å²) < 4.78 is 10.7. The van der Waals surface area contributed by atoms with Gasteiger partial charge in [0.1, 0.15) is 0 Å². The third-order valence-corrected chi connectivity index (χ3v) is 5.84. The van der Waals surface area contributed by atoms with Crippen molar-refractivity contribution in [2.24, 2.45) is 5.41 Å². The number of amides is 1. The molecule has 7 nitrogen and oxygen atoms in total. The maximum Gasteiger partial charge on any atom is 0.289 e. The summed E-state index contributed by atoms with van der Waals surface area (Å²) in [6.07, 6.45) is 4.55. The van der Waals surface area contributed by atoms with Gasteiger partial charge in [-0.2, -0.15) is 4.98 Å². The van der Waals surface area contributed by atoms with E-state index in [1.165, 1.54) is 0 Å². The van der Waals surface area contributed by atoms with Gasteiger partial charge < -0.3 is 13.8 Å². The van der Waals surface area contributed by atoms with Crippen molar-refractivity contribution < 1.29 is 13.7 Å². The Hall–Kier alpha value is -2.15. The lowest BCUT2D eigenvalue weighted by Crippen LogP contribution is -2.44. The predicted molar refractivity (Wildman–Crippen MR) is 94.7 cm³/mol. The van der Waals surface area contributed by atoms with E-state index >= 15 is 0 Å². The van der Waals surface area contributed by atoms with Gasteiger partial charge in [0.25, 0.3) is 5.91 Å². The standard InChI is InChI=1S/C19H26N4O3/c1-13(2)17-20-16(21-26-17)14-11-19(12-22(14)3)6-8-23(9-7-19)18(24)15-5-4-10-25-15/h4-5,10,13-14H,6-9,11-12H2,1-3H3. The van der Waals surface area contributed by atoms with E-state index in [4.69, 9.17) is 8.94 Å². The van der Waals surface area contributed by atoms with Crippen molar-refractivity contribution in [1.82, 2.24) is 19.9 Å². The summed E-state index contributed by atoms with van der Waals surface area (Å²) in [4.78, 5) is 21.3. The van der Waals surface area contributed by atoms with E-state index in [0.29, 0.717) is 11.7 Å². The van der Waals surface area contributed by atoms with E-state index in [2.05, 4.69) is 35.9 Å². The summed E-state index contributed by atoms with van der Waals surface area (Å²) in [7, 11) is 2.13. The van der Waals surface area contributed by atoms with Crippen molar-refractivity contribution >= 4 is 5.91 Å². The Morgan fingerprint density at radius 2 is 2.12 bits per heavy atom. The van der Waals surface area contributed by atoms with E-state index < -0.39 is 0 Å². The molecule has 1 unspecified atom stereocenters. The molecule has 0 N–H and O–H groups in total. The van der Waals surface area contributed by atoms with Crippen LogP contribution in [-0.4, -0.2) is 52.5 Å². The molecule has 7 heteroatoms. The Kier molecular flexibility index (Phi) is 4.34. The Labute approximate surface area is 153 Å². The molecular weight excluding hydrogens is 332 g/mol. The summed E-state index contributed by atoms with van der Waals surface area (Å²) in [6.45, 7) is 6.66. The maximum absolute atomic E-state index is 12.5. The highest BCUT2D eigenvalue weighted by Crippen LogP contribution is 2.47. The molecule has 2 aromatic heterocycles. The number of likely N-dealkylation sites (tertiary alicyclic amines) is 2. The Bertz CT molecular complexity index is 760. The first-order valence-electron chi connectivity index (χ1n) is 9.34. The molecule has 0 saturated carbocycles. The van der Waals surface area contributed by atoms with Crippen LogP contribution in [0.5, 0.6) is 0 Å². The van der Waals surface area contributed by atoms with Gasteiger partial charge in [-0.05, 0) is 43.9 Å². The molecular formula is C19H26N4O3. The lowest BCUT2D eigenvalue weighted by atomic mass is 9.76. The molecule has 4 rings (SSSR count). The van der Waals surface area contributed by atoms with Gasteiger partial charge in [0.05, 0.1) is 12.3 Å². The topological polar surface area (TPSA) is 75.6 Å². The molecule has 2 saturated heterocycles. The summed E-state index contributed by atoms with van der Waals surface area (Å²) in [5.74, 6) is 2.16. The molecule has 1 atom stereocenters. The number of carbonyl (C=O) groups is 1. The fourth-order valence-corrected chi connectivity index (χ4v) is 4.28. The molecule has 0 radical (unpaired) electrons. The minimum absolute atomic E-state index is 0.00695. The van der Waals surface area contributed by atoms with Crippen molar-refractivity contribution in [2.75, 3.05) is 26.7 Å². The molecule has 1 spiro atoms. The highest BCUT2D eigenvalue weighted by molar-refractivity contribution is 5.91. The summed E-state index contributed by atoms with van der Waals surface area (Å²) in [5, 5.41) is 4.22. The Balaban J connectivity index is 1.42. The third-order valence-electron chi connectivity index (χ3n) is 5.84. The number of aromatic nitrogens is 2. The number of carbonyl (C=O) groups excluding carboxylic acids is 1. The molecule has 26 heavy (non-hydrogen) atoms. The molecule has 1 amide bonds. The van der Waals surface area contributed by atoms with Crippen molar-refractivity contribution in [3.8, 4) is 0 Å². The zero-order chi connectivity index (χ0) is 18.3. The first-order valence-corrected chi connectivity index (χ1v) is 9.34. The van der Waals surface area contributed by atoms with Gasteiger partial charge in [-0.15, -0.1) is 0 Å². The van der Waals surface area contributed by atoms with Gasteiger partial charge in [0.15, 0.2) is 11.6 Å². The Morgan fingerprint density at radius 3 is 2.73 bits per heavy atom. The van der Waals surface area contributed by atoms with Gasteiger partial charge in [-0.1, -0.05) is 19.0 Å². The lowest BCUT2D eigenvalue weighted by Gasteiger charge is -2.38. The van der Waals surface area contributed by atoms with Crippen molar-refractivity contribution in [1.29, 1.82) is 0 Å². The quantitative estimate of drug-likeness (QED) is 0.839. The van der Waals surface area contributed by atoms with Crippen LogP contribution in [0.3, 0.4) is 0 Å².